The Balaban J connectivity index is 1.84. The number of rotatable bonds is 8. The maximum Gasteiger partial charge on any atom is 0.419 e. The van der Waals surface area contributed by atoms with Crippen LogP contribution in [0.5, 0.6) is 0 Å². The molecule has 0 unspecified atom stereocenters. The summed E-state index contributed by atoms with van der Waals surface area (Å²) < 4.78 is 49.3. The molecule has 13 heteroatoms. The lowest BCUT2D eigenvalue weighted by Crippen LogP contribution is -2.22. The number of hydrogen-bond acceptors (Lipinski definition) is 8. The molecule has 0 aliphatic rings. The molecule has 7 nitrogen and oxygen atoms in total. The second kappa shape index (κ2) is 9.95. The van der Waals surface area contributed by atoms with E-state index >= 15 is 0 Å². The Bertz CT molecular complexity index is 1350. The molecule has 4 aromatic heterocycles. The predicted molar refractivity (Wildman–Crippen MR) is 135 cm³/mol. The van der Waals surface area contributed by atoms with E-state index in [0.29, 0.717) is 33.9 Å². The molecule has 0 radical (unpaired) electrons. The van der Waals surface area contributed by atoms with Crippen molar-refractivity contribution < 1.29 is 17.9 Å². The molecule has 0 saturated carbocycles. The van der Waals surface area contributed by atoms with Gasteiger partial charge in [-0.25, -0.2) is 15.0 Å². The molecule has 0 fully saturated rings. The lowest BCUT2D eigenvalue weighted by molar-refractivity contribution is -0.137. The van der Waals surface area contributed by atoms with Crippen molar-refractivity contribution in [2.75, 3.05) is 12.9 Å². The van der Waals surface area contributed by atoms with E-state index in [1.165, 1.54) is 23.1 Å². The van der Waals surface area contributed by atoms with Gasteiger partial charge in [0.2, 0.25) is 0 Å². The van der Waals surface area contributed by atoms with Crippen molar-refractivity contribution in [2.45, 2.75) is 50.7 Å². The normalized spacial score (nSPS) is 12.6. The van der Waals surface area contributed by atoms with Crippen LogP contribution in [0, 0.1) is 6.92 Å². The minimum Gasteiger partial charge on any atom is -0.361 e. The first-order valence-corrected chi connectivity index (χ1v) is 16.6. The number of alkyl halides is 3. The van der Waals surface area contributed by atoms with Gasteiger partial charge >= 0.3 is 6.18 Å². The van der Waals surface area contributed by atoms with E-state index in [0.717, 1.165) is 17.2 Å². The molecule has 0 bridgehead atoms. The van der Waals surface area contributed by atoms with E-state index < -0.39 is 19.8 Å². The van der Waals surface area contributed by atoms with E-state index in [9.17, 15) is 13.2 Å². The molecule has 35 heavy (non-hydrogen) atoms. The van der Waals surface area contributed by atoms with E-state index in [2.05, 4.69) is 39.8 Å². The van der Waals surface area contributed by atoms with Crippen molar-refractivity contribution in [2.24, 2.45) is 0 Å². The quantitative estimate of drug-likeness (QED) is 0.112. The van der Waals surface area contributed by atoms with Gasteiger partial charge in [-0.2, -0.15) is 13.2 Å². The number of ether oxygens (including phenoxy) is 1. The second-order valence-electron chi connectivity index (χ2n) is 9.17. The molecule has 0 N–H and O–H groups in total. The lowest BCUT2D eigenvalue weighted by atomic mass is 10.1. The number of aromatic nitrogens is 6. The average Bonchev–Trinajstić information content (AvgIpc) is 3.38. The zero-order valence-electron chi connectivity index (χ0n) is 20.0. The van der Waals surface area contributed by atoms with Crippen LogP contribution < -0.4 is 0 Å². The maximum absolute atomic E-state index is 13.9. The molecular weight excluding hydrogens is 513 g/mol. The largest absolute Gasteiger partial charge is 0.419 e. The smallest absolute Gasteiger partial charge is 0.361 e. The van der Waals surface area contributed by atoms with Crippen LogP contribution in [0.1, 0.15) is 10.6 Å². The maximum atomic E-state index is 13.9. The van der Waals surface area contributed by atoms with E-state index in [-0.39, 0.29) is 17.6 Å². The summed E-state index contributed by atoms with van der Waals surface area (Å²) in [5.74, 6) is 0. The molecule has 186 valence electrons. The highest BCUT2D eigenvalue weighted by Crippen LogP contribution is 2.40. The van der Waals surface area contributed by atoms with Gasteiger partial charge in [-0.15, -0.1) is 10.2 Å². The Hall–Kier alpha value is -2.35. The number of thioether (sulfide) groups is 1. The van der Waals surface area contributed by atoms with Crippen LogP contribution in [0.15, 0.2) is 29.7 Å². The van der Waals surface area contributed by atoms with Crippen molar-refractivity contribution in [3.63, 3.8) is 0 Å². The first-order valence-electron chi connectivity index (χ1n) is 10.8. The molecule has 4 aromatic rings. The molecule has 0 aliphatic heterocycles. The van der Waals surface area contributed by atoms with Gasteiger partial charge in [-0.05, 0) is 31.4 Å². The Kier molecular flexibility index (Phi) is 7.32. The van der Waals surface area contributed by atoms with Crippen molar-refractivity contribution in [1.29, 1.82) is 0 Å². The lowest BCUT2D eigenvalue weighted by Gasteiger charge is -2.15. The summed E-state index contributed by atoms with van der Waals surface area (Å²) in [5, 5.41) is 10.4. The summed E-state index contributed by atoms with van der Waals surface area (Å²) in [4.78, 5) is 12.8. The van der Waals surface area contributed by atoms with Crippen LogP contribution in [0.25, 0.3) is 33.0 Å². The number of aryl methyl sites for hydroxylation is 1. The van der Waals surface area contributed by atoms with Crippen LogP contribution >= 0.6 is 23.1 Å². The first-order chi connectivity index (χ1) is 16.5. The summed E-state index contributed by atoms with van der Waals surface area (Å²) in [6, 6.07) is 4.47. The summed E-state index contributed by atoms with van der Waals surface area (Å²) in [5.41, 5.74) is 0.351. The van der Waals surface area contributed by atoms with Crippen molar-refractivity contribution in [3.8, 4) is 22.0 Å². The van der Waals surface area contributed by atoms with Gasteiger partial charge in [0.25, 0.3) is 0 Å². The topological polar surface area (TPSA) is 78.6 Å². The molecule has 0 saturated heterocycles. The monoisotopic (exact) mass is 538 g/mol. The zero-order valence-corrected chi connectivity index (χ0v) is 22.6. The number of halogens is 3. The van der Waals surface area contributed by atoms with E-state index in [4.69, 9.17) is 9.72 Å². The molecule has 4 rings (SSSR count). The van der Waals surface area contributed by atoms with Crippen LogP contribution in [-0.2, 0) is 17.6 Å². The SMILES string of the molecule is CSc1ncc(C(F)(F)F)c(-c2cn(COCC[Si](C)(C)C)c3nc(-c4nnc(C)s4)ccc23)n1. The minimum absolute atomic E-state index is 0.161. The number of nitrogens with zero attached hydrogens (tertiary/aromatic N) is 6. The highest BCUT2D eigenvalue weighted by molar-refractivity contribution is 7.98. The zero-order chi connectivity index (χ0) is 25.4. The average molecular weight is 539 g/mol. The summed E-state index contributed by atoms with van der Waals surface area (Å²) in [6.45, 7) is 9.36. The van der Waals surface area contributed by atoms with Crippen LogP contribution in [-0.4, -0.2) is 50.7 Å². The fourth-order valence-electron chi connectivity index (χ4n) is 3.39. The third-order valence-corrected chi connectivity index (χ3v) is 8.33. The minimum atomic E-state index is -4.61. The summed E-state index contributed by atoms with van der Waals surface area (Å²) in [7, 11) is -1.29. The van der Waals surface area contributed by atoms with Gasteiger partial charge in [0.15, 0.2) is 10.2 Å². The molecule has 0 aromatic carbocycles. The van der Waals surface area contributed by atoms with Gasteiger partial charge in [0, 0.05) is 38.0 Å². The second-order valence-corrected chi connectivity index (χ2v) is 16.7. The molecule has 0 amide bonds. The number of fused-ring (bicyclic) bond motifs is 1. The van der Waals surface area contributed by atoms with Crippen LogP contribution in [0.3, 0.4) is 0 Å². The number of pyridine rings is 1. The fourth-order valence-corrected chi connectivity index (χ4v) is 5.15. The summed E-state index contributed by atoms with van der Waals surface area (Å²) >= 11 is 2.58. The van der Waals surface area contributed by atoms with Gasteiger partial charge in [0.05, 0.1) is 5.69 Å². The third kappa shape index (κ3) is 5.90. The van der Waals surface area contributed by atoms with Crippen LogP contribution in [0.2, 0.25) is 25.7 Å². The molecule has 0 atom stereocenters. The Morgan fingerprint density at radius 1 is 1.14 bits per heavy atom. The van der Waals surface area contributed by atoms with E-state index in [1.807, 2.05) is 6.92 Å². The third-order valence-electron chi connectivity index (χ3n) is 5.20. The van der Waals surface area contributed by atoms with Gasteiger partial charge in [0.1, 0.15) is 28.6 Å². The highest BCUT2D eigenvalue weighted by atomic mass is 32.2. The predicted octanol–water partition coefficient (Wildman–Crippen LogP) is 6.37. The molecule has 0 spiro atoms. The molecule has 4 heterocycles. The van der Waals surface area contributed by atoms with Crippen molar-refractivity contribution in [1.82, 2.24) is 29.7 Å². The van der Waals surface area contributed by atoms with Gasteiger partial charge < -0.3 is 9.30 Å². The highest BCUT2D eigenvalue weighted by Gasteiger charge is 2.36. The fraction of sp³-hybridized carbons (Fsp3) is 0.409. The van der Waals surface area contributed by atoms with Crippen LogP contribution in [0.4, 0.5) is 13.2 Å². The Morgan fingerprint density at radius 2 is 1.91 bits per heavy atom. The standard InChI is InChI=1S/C22H25F3N6OS2Si/c1-13-29-30-20(34-13)17-7-6-14-15(18-16(22(23,24)25)10-26-21(28-18)33-2)11-31(19(14)27-17)12-32-8-9-35(3,4)5/h6-7,10-11H,8-9,12H2,1-5H3. The van der Waals surface area contributed by atoms with Crippen molar-refractivity contribution in [3.05, 3.63) is 35.1 Å². The molecule has 0 aliphatic carbocycles. The van der Waals surface area contributed by atoms with Gasteiger partial charge in [-0.1, -0.05) is 42.7 Å². The van der Waals surface area contributed by atoms with Crippen molar-refractivity contribution >= 4 is 42.2 Å². The van der Waals surface area contributed by atoms with Gasteiger partial charge in [-0.3, -0.25) is 0 Å². The summed E-state index contributed by atoms with van der Waals surface area (Å²) in [6.07, 6.45) is -0.414. The molecular formula is C22H25F3N6OS2Si. The first kappa shape index (κ1) is 25.7. The van der Waals surface area contributed by atoms with E-state index in [1.54, 1.807) is 29.2 Å². The number of hydrogen-bond donors (Lipinski definition) is 0. The Morgan fingerprint density at radius 3 is 2.54 bits per heavy atom. The Labute approximate surface area is 210 Å².